The predicted octanol–water partition coefficient (Wildman–Crippen LogP) is 2.37. The number of nitrogens with one attached hydrogen (secondary N) is 2. The Balaban J connectivity index is 1.61. The van der Waals surface area contributed by atoms with Gasteiger partial charge in [0.15, 0.2) is 0 Å². The second-order valence-corrected chi connectivity index (χ2v) is 7.92. The summed E-state index contributed by atoms with van der Waals surface area (Å²) in [6, 6.07) is 13.8. The normalized spacial score (nSPS) is 14.5. The lowest BCUT2D eigenvalue weighted by Crippen LogP contribution is -2.47. The van der Waals surface area contributed by atoms with E-state index in [0.717, 1.165) is 17.3 Å². The molecule has 3 amide bonds. The molecule has 1 aliphatic rings. The number of methoxy groups -OCH3 is 2. The van der Waals surface area contributed by atoms with Crippen LogP contribution in [0.25, 0.3) is 6.08 Å². The highest BCUT2D eigenvalue weighted by Gasteiger charge is 2.33. The van der Waals surface area contributed by atoms with Gasteiger partial charge in [-0.05, 0) is 35.9 Å². The van der Waals surface area contributed by atoms with E-state index < -0.39 is 11.8 Å². The molecule has 1 fully saturated rings. The summed E-state index contributed by atoms with van der Waals surface area (Å²) in [5.74, 6) is -0.497. The van der Waals surface area contributed by atoms with Crippen LogP contribution in [-0.4, -0.2) is 47.7 Å². The topological polar surface area (TPSA) is 97.0 Å². The van der Waals surface area contributed by atoms with Gasteiger partial charge in [-0.1, -0.05) is 48.2 Å². The van der Waals surface area contributed by atoms with Crippen molar-refractivity contribution in [2.24, 2.45) is 0 Å². The Hall–Kier alpha value is -3.37. The molecule has 0 radical (unpaired) electrons. The van der Waals surface area contributed by atoms with E-state index in [-0.39, 0.29) is 22.3 Å². The molecule has 0 bridgehead atoms. The Morgan fingerprint density at radius 2 is 1.87 bits per heavy atom. The number of amides is 3. The molecule has 2 aromatic carbocycles. The first-order valence-electron chi connectivity index (χ1n) is 9.04. The van der Waals surface area contributed by atoms with Gasteiger partial charge in [0.05, 0.1) is 24.7 Å². The number of thioether (sulfide) groups is 1. The van der Waals surface area contributed by atoms with E-state index in [4.69, 9.17) is 21.7 Å². The Bertz CT molecular complexity index is 1070. The molecule has 31 heavy (non-hydrogen) atoms. The van der Waals surface area contributed by atoms with E-state index >= 15 is 0 Å². The zero-order valence-electron chi connectivity index (χ0n) is 16.7. The summed E-state index contributed by atoms with van der Waals surface area (Å²) in [6.07, 6.45) is 1.68. The van der Waals surface area contributed by atoms with Crippen molar-refractivity contribution in [3.63, 3.8) is 0 Å². The first kappa shape index (κ1) is 22.3. The Morgan fingerprint density at radius 3 is 2.61 bits per heavy atom. The standard InChI is InChI=1S/C21H19N3O5S2/c1-28-14-7-5-6-13(10-14)11-17-20(27)24(21(30)31-17)12-18(25)22-23-19(26)15-8-3-4-9-16(15)29-2/h3-11H,12H2,1-2H3,(H,22,25)(H,23,26). The van der Waals surface area contributed by atoms with Crippen LogP contribution in [0.3, 0.4) is 0 Å². The molecule has 1 saturated heterocycles. The maximum atomic E-state index is 12.7. The fourth-order valence-electron chi connectivity index (χ4n) is 2.73. The molecule has 0 saturated carbocycles. The smallest absolute Gasteiger partial charge is 0.273 e. The molecule has 10 heteroatoms. The number of rotatable bonds is 6. The molecule has 3 rings (SSSR count). The number of para-hydroxylation sites is 1. The molecule has 160 valence electrons. The number of hydrogen-bond donors (Lipinski definition) is 2. The number of hydrogen-bond acceptors (Lipinski definition) is 7. The largest absolute Gasteiger partial charge is 0.497 e. The quantitative estimate of drug-likeness (QED) is 0.391. The van der Waals surface area contributed by atoms with Gasteiger partial charge in [0.25, 0.3) is 17.7 Å². The highest BCUT2D eigenvalue weighted by molar-refractivity contribution is 8.26. The number of carbonyl (C=O) groups is 3. The van der Waals surface area contributed by atoms with Crippen LogP contribution in [0.15, 0.2) is 53.4 Å². The Morgan fingerprint density at radius 1 is 1.10 bits per heavy atom. The number of carbonyl (C=O) groups excluding carboxylic acids is 3. The SMILES string of the molecule is COc1cccc(C=C2SC(=S)N(CC(=O)NNC(=O)c3ccccc3OC)C2=O)c1. The highest BCUT2D eigenvalue weighted by atomic mass is 32.2. The van der Waals surface area contributed by atoms with Gasteiger partial charge in [-0.3, -0.25) is 30.1 Å². The third-order valence-corrected chi connectivity index (χ3v) is 5.61. The van der Waals surface area contributed by atoms with E-state index in [1.165, 1.54) is 12.0 Å². The van der Waals surface area contributed by atoms with E-state index in [9.17, 15) is 14.4 Å². The molecular formula is C21H19N3O5S2. The molecule has 0 atom stereocenters. The minimum absolute atomic E-state index is 0.255. The molecule has 0 unspecified atom stereocenters. The molecule has 2 N–H and O–H groups in total. The van der Waals surface area contributed by atoms with Crippen LogP contribution >= 0.6 is 24.0 Å². The van der Waals surface area contributed by atoms with Gasteiger partial charge in [0, 0.05) is 0 Å². The molecular weight excluding hydrogens is 438 g/mol. The van der Waals surface area contributed by atoms with Gasteiger partial charge in [0.2, 0.25) is 0 Å². The van der Waals surface area contributed by atoms with E-state index in [0.29, 0.717) is 16.4 Å². The number of thiocarbonyl (C=S) groups is 1. The average molecular weight is 458 g/mol. The first-order chi connectivity index (χ1) is 14.9. The molecule has 0 aromatic heterocycles. The first-order valence-corrected chi connectivity index (χ1v) is 10.3. The summed E-state index contributed by atoms with van der Waals surface area (Å²) in [7, 11) is 3.00. The van der Waals surface area contributed by atoms with Crippen molar-refractivity contribution in [3.8, 4) is 11.5 Å². The maximum Gasteiger partial charge on any atom is 0.273 e. The second-order valence-electron chi connectivity index (χ2n) is 6.25. The number of nitrogens with zero attached hydrogens (tertiary/aromatic N) is 1. The zero-order chi connectivity index (χ0) is 22.4. The molecule has 0 aliphatic carbocycles. The van der Waals surface area contributed by atoms with E-state index in [1.54, 1.807) is 49.6 Å². The van der Waals surface area contributed by atoms with Crippen LogP contribution < -0.4 is 20.3 Å². The lowest BCUT2D eigenvalue weighted by atomic mass is 10.2. The van der Waals surface area contributed by atoms with Gasteiger partial charge >= 0.3 is 0 Å². The second kappa shape index (κ2) is 10.1. The van der Waals surface area contributed by atoms with Crippen LogP contribution in [-0.2, 0) is 9.59 Å². The van der Waals surface area contributed by atoms with Crippen LogP contribution in [0.4, 0.5) is 0 Å². The fourth-order valence-corrected chi connectivity index (χ4v) is 3.98. The van der Waals surface area contributed by atoms with Crippen molar-refractivity contribution in [1.29, 1.82) is 0 Å². The number of benzene rings is 2. The average Bonchev–Trinajstić information content (AvgIpc) is 3.04. The lowest BCUT2D eigenvalue weighted by molar-refractivity contribution is -0.129. The van der Waals surface area contributed by atoms with Gasteiger partial charge in [-0.15, -0.1) is 0 Å². The third kappa shape index (κ3) is 5.41. The van der Waals surface area contributed by atoms with Gasteiger partial charge < -0.3 is 9.47 Å². The molecule has 1 heterocycles. The maximum absolute atomic E-state index is 12.7. The van der Waals surface area contributed by atoms with Crippen LogP contribution in [0.1, 0.15) is 15.9 Å². The minimum Gasteiger partial charge on any atom is -0.497 e. The van der Waals surface area contributed by atoms with E-state index in [2.05, 4.69) is 10.9 Å². The summed E-state index contributed by atoms with van der Waals surface area (Å²) in [4.78, 5) is 38.8. The summed E-state index contributed by atoms with van der Waals surface area (Å²) in [5.41, 5.74) is 5.63. The third-order valence-electron chi connectivity index (χ3n) is 4.23. The summed E-state index contributed by atoms with van der Waals surface area (Å²) >= 11 is 6.34. The van der Waals surface area contributed by atoms with Crippen LogP contribution in [0.5, 0.6) is 11.5 Å². The summed E-state index contributed by atoms with van der Waals surface area (Å²) < 4.78 is 10.6. The lowest BCUT2D eigenvalue weighted by Gasteiger charge is -2.15. The predicted molar refractivity (Wildman–Crippen MR) is 121 cm³/mol. The highest BCUT2D eigenvalue weighted by Crippen LogP contribution is 2.32. The van der Waals surface area contributed by atoms with Crippen molar-refractivity contribution in [1.82, 2.24) is 15.8 Å². The van der Waals surface area contributed by atoms with Gasteiger partial charge in [-0.25, -0.2) is 0 Å². The summed E-state index contributed by atoms with van der Waals surface area (Å²) in [6.45, 7) is -0.327. The molecule has 1 aliphatic heterocycles. The Kier molecular flexibility index (Phi) is 7.27. The number of hydrazine groups is 1. The fraction of sp³-hybridized carbons (Fsp3) is 0.143. The van der Waals surface area contributed by atoms with Crippen molar-refractivity contribution in [2.75, 3.05) is 20.8 Å². The molecule has 0 spiro atoms. The zero-order valence-corrected chi connectivity index (χ0v) is 18.3. The van der Waals surface area contributed by atoms with Gasteiger partial charge in [0.1, 0.15) is 22.4 Å². The van der Waals surface area contributed by atoms with Crippen molar-refractivity contribution in [3.05, 3.63) is 64.6 Å². The summed E-state index contributed by atoms with van der Waals surface area (Å²) in [5, 5.41) is 0. The van der Waals surface area contributed by atoms with Crippen molar-refractivity contribution < 1.29 is 23.9 Å². The minimum atomic E-state index is -0.595. The van der Waals surface area contributed by atoms with Gasteiger partial charge in [-0.2, -0.15) is 0 Å². The monoisotopic (exact) mass is 457 g/mol. The number of ether oxygens (including phenoxy) is 2. The van der Waals surface area contributed by atoms with Crippen LogP contribution in [0, 0.1) is 0 Å². The molecule has 2 aromatic rings. The van der Waals surface area contributed by atoms with Crippen molar-refractivity contribution in [2.45, 2.75) is 0 Å². The Labute approximate surface area is 188 Å². The van der Waals surface area contributed by atoms with E-state index in [1.807, 2.05) is 12.1 Å². The van der Waals surface area contributed by atoms with Crippen LogP contribution in [0.2, 0.25) is 0 Å². The van der Waals surface area contributed by atoms with Crippen molar-refractivity contribution >= 4 is 52.1 Å². The molecule has 8 nitrogen and oxygen atoms in total.